The zero-order valence-corrected chi connectivity index (χ0v) is 16.8. The van der Waals surface area contributed by atoms with Gasteiger partial charge in [-0.2, -0.15) is 0 Å². The fourth-order valence-electron chi connectivity index (χ4n) is 3.48. The van der Waals surface area contributed by atoms with Gasteiger partial charge in [0.2, 0.25) is 11.8 Å². The molecule has 7 heteroatoms. The standard InChI is InChI=1S/C21H24N2O4S/c1-14-7-9-16(10-8-14)19(22-15(2)24)13-21(25)23-18-11-12-28(26,27)20-6-4-3-5-17(18)20/h3-10,18-19H,11-13H2,1-2H3,(H,22,24)(H,23,25). The Kier molecular flexibility index (Phi) is 5.84. The number of amides is 2. The van der Waals surface area contributed by atoms with Gasteiger partial charge in [0.25, 0.3) is 0 Å². The Bertz CT molecular complexity index is 984. The van der Waals surface area contributed by atoms with Gasteiger partial charge in [0, 0.05) is 6.92 Å². The van der Waals surface area contributed by atoms with Crippen molar-refractivity contribution in [1.82, 2.24) is 10.6 Å². The SMILES string of the molecule is CC(=O)NC(CC(=O)NC1CCS(=O)(=O)c2ccccc21)c1ccc(C)cc1. The van der Waals surface area contributed by atoms with Gasteiger partial charge in [0.1, 0.15) is 0 Å². The maximum Gasteiger partial charge on any atom is 0.222 e. The minimum absolute atomic E-state index is 0.00203. The Hall–Kier alpha value is -2.67. The Morgan fingerprint density at radius 1 is 1.11 bits per heavy atom. The highest BCUT2D eigenvalue weighted by Gasteiger charge is 2.31. The first-order chi connectivity index (χ1) is 13.3. The van der Waals surface area contributed by atoms with Crippen molar-refractivity contribution < 1.29 is 18.0 Å². The minimum Gasteiger partial charge on any atom is -0.349 e. The second-order valence-corrected chi connectivity index (χ2v) is 9.21. The molecule has 0 saturated carbocycles. The molecule has 0 radical (unpaired) electrons. The van der Waals surface area contributed by atoms with Gasteiger partial charge in [-0.05, 0) is 30.5 Å². The fourth-order valence-corrected chi connectivity index (χ4v) is 5.10. The van der Waals surface area contributed by atoms with E-state index in [2.05, 4.69) is 10.6 Å². The van der Waals surface area contributed by atoms with E-state index >= 15 is 0 Å². The fraction of sp³-hybridized carbons (Fsp3) is 0.333. The molecule has 6 nitrogen and oxygen atoms in total. The van der Waals surface area contributed by atoms with Crippen molar-refractivity contribution in [1.29, 1.82) is 0 Å². The average Bonchev–Trinajstić information content (AvgIpc) is 2.64. The van der Waals surface area contributed by atoms with Gasteiger partial charge in [-0.25, -0.2) is 8.42 Å². The third-order valence-electron chi connectivity index (χ3n) is 4.89. The quantitative estimate of drug-likeness (QED) is 0.807. The van der Waals surface area contributed by atoms with Crippen molar-refractivity contribution >= 4 is 21.7 Å². The van der Waals surface area contributed by atoms with Crippen molar-refractivity contribution in [3.63, 3.8) is 0 Å². The molecule has 3 rings (SSSR count). The molecule has 0 fully saturated rings. The monoisotopic (exact) mass is 400 g/mol. The van der Waals surface area contributed by atoms with Crippen molar-refractivity contribution in [2.24, 2.45) is 0 Å². The lowest BCUT2D eigenvalue weighted by molar-refractivity contribution is -0.123. The van der Waals surface area contributed by atoms with Crippen LogP contribution in [0.3, 0.4) is 0 Å². The zero-order chi connectivity index (χ0) is 20.3. The number of carbonyl (C=O) groups is 2. The number of fused-ring (bicyclic) bond motifs is 1. The maximum absolute atomic E-state index is 12.7. The van der Waals surface area contributed by atoms with E-state index in [1.165, 1.54) is 6.92 Å². The van der Waals surface area contributed by atoms with Crippen molar-refractivity contribution in [3.05, 3.63) is 65.2 Å². The number of sulfone groups is 1. The van der Waals surface area contributed by atoms with Crippen LogP contribution in [-0.2, 0) is 19.4 Å². The van der Waals surface area contributed by atoms with Crippen LogP contribution in [0.4, 0.5) is 0 Å². The third-order valence-corrected chi connectivity index (χ3v) is 6.70. The molecule has 1 aliphatic rings. The number of hydrogen-bond donors (Lipinski definition) is 2. The number of carbonyl (C=O) groups excluding carboxylic acids is 2. The van der Waals surface area contributed by atoms with Crippen LogP contribution >= 0.6 is 0 Å². The minimum atomic E-state index is -3.31. The summed E-state index contributed by atoms with van der Waals surface area (Å²) in [7, 11) is -3.31. The molecule has 2 aromatic rings. The van der Waals surface area contributed by atoms with Crippen LogP contribution in [0.1, 0.15) is 48.5 Å². The molecular weight excluding hydrogens is 376 g/mol. The van der Waals surface area contributed by atoms with E-state index < -0.39 is 15.9 Å². The molecule has 148 valence electrons. The second kappa shape index (κ2) is 8.14. The molecule has 2 N–H and O–H groups in total. The van der Waals surface area contributed by atoms with Crippen LogP contribution in [0.2, 0.25) is 0 Å². The van der Waals surface area contributed by atoms with Gasteiger partial charge in [0.15, 0.2) is 9.84 Å². The van der Waals surface area contributed by atoms with Crippen LogP contribution in [0.15, 0.2) is 53.4 Å². The van der Waals surface area contributed by atoms with Gasteiger partial charge < -0.3 is 10.6 Å². The molecule has 2 atom stereocenters. The van der Waals surface area contributed by atoms with E-state index in [9.17, 15) is 18.0 Å². The number of benzene rings is 2. The van der Waals surface area contributed by atoms with Gasteiger partial charge in [-0.15, -0.1) is 0 Å². The lowest BCUT2D eigenvalue weighted by Gasteiger charge is -2.27. The van der Waals surface area contributed by atoms with Crippen LogP contribution in [-0.4, -0.2) is 26.0 Å². The van der Waals surface area contributed by atoms with E-state index in [-0.39, 0.29) is 34.9 Å². The number of aryl methyl sites for hydroxylation is 1. The lowest BCUT2D eigenvalue weighted by Crippen LogP contribution is -2.37. The molecular formula is C21H24N2O4S. The van der Waals surface area contributed by atoms with E-state index in [0.717, 1.165) is 11.1 Å². The topological polar surface area (TPSA) is 92.3 Å². The third kappa shape index (κ3) is 4.59. The van der Waals surface area contributed by atoms with Crippen LogP contribution in [0.25, 0.3) is 0 Å². The Labute approximate surface area is 165 Å². The van der Waals surface area contributed by atoms with Crippen molar-refractivity contribution in [3.8, 4) is 0 Å². The summed E-state index contributed by atoms with van der Waals surface area (Å²) in [4.78, 5) is 24.6. The molecule has 0 aromatic heterocycles. The zero-order valence-electron chi connectivity index (χ0n) is 15.9. The van der Waals surface area contributed by atoms with Gasteiger partial charge in [-0.1, -0.05) is 48.0 Å². The van der Waals surface area contributed by atoms with E-state index in [1.807, 2.05) is 31.2 Å². The normalized spacial score (nSPS) is 18.6. The van der Waals surface area contributed by atoms with E-state index in [1.54, 1.807) is 24.3 Å². The largest absolute Gasteiger partial charge is 0.349 e. The van der Waals surface area contributed by atoms with Crippen LogP contribution in [0.5, 0.6) is 0 Å². The van der Waals surface area contributed by atoms with Gasteiger partial charge in [0.05, 0.1) is 29.2 Å². The summed E-state index contributed by atoms with van der Waals surface area (Å²) in [5.41, 5.74) is 2.56. The molecule has 0 saturated heterocycles. The molecule has 0 aliphatic carbocycles. The molecule has 2 amide bonds. The van der Waals surface area contributed by atoms with Crippen molar-refractivity contribution in [2.75, 3.05) is 5.75 Å². The van der Waals surface area contributed by atoms with E-state index in [0.29, 0.717) is 12.0 Å². The highest BCUT2D eigenvalue weighted by atomic mass is 32.2. The predicted octanol–water partition coefficient (Wildman–Crippen LogP) is 2.60. The predicted molar refractivity (Wildman–Crippen MR) is 106 cm³/mol. The summed E-state index contributed by atoms with van der Waals surface area (Å²) < 4.78 is 24.5. The van der Waals surface area contributed by atoms with Gasteiger partial charge >= 0.3 is 0 Å². The number of nitrogens with one attached hydrogen (secondary N) is 2. The lowest BCUT2D eigenvalue weighted by atomic mass is 10.00. The Morgan fingerprint density at radius 3 is 2.46 bits per heavy atom. The first kappa shape index (κ1) is 20.1. The first-order valence-corrected chi connectivity index (χ1v) is 10.9. The molecule has 0 spiro atoms. The van der Waals surface area contributed by atoms with E-state index in [4.69, 9.17) is 0 Å². The van der Waals surface area contributed by atoms with Crippen LogP contribution < -0.4 is 10.6 Å². The second-order valence-electron chi connectivity index (χ2n) is 7.13. The Balaban J connectivity index is 1.76. The van der Waals surface area contributed by atoms with Crippen LogP contribution in [0, 0.1) is 6.92 Å². The average molecular weight is 401 g/mol. The molecule has 2 aromatic carbocycles. The molecule has 2 unspecified atom stereocenters. The summed E-state index contributed by atoms with van der Waals surface area (Å²) in [5.74, 6) is -0.451. The van der Waals surface area contributed by atoms with Crippen molar-refractivity contribution in [2.45, 2.75) is 43.7 Å². The summed E-state index contributed by atoms with van der Waals surface area (Å²) >= 11 is 0. The number of rotatable bonds is 5. The number of hydrogen-bond acceptors (Lipinski definition) is 4. The highest BCUT2D eigenvalue weighted by Crippen LogP contribution is 2.32. The van der Waals surface area contributed by atoms with Gasteiger partial charge in [-0.3, -0.25) is 9.59 Å². The molecule has 0 bridgehead atoms. The summed E-state index contributed by atoms with van der Waals surface area (Å²) in [5, 5.41) is 5.76. The molecule has 1 aliphatic heterocycles. The maximum atomic E-state index is 12.7. The highest BCUT2D eigenvalue weighted by molar-refractivity contribution is 7.91. The smallest absolute Gasteiger partial charge is 0.222 e. The summed E-state index contributed by atoms with van der Waals surface area (Å²) in [6.45, 7) is 3.39. The summed E-state index contributed by atoms with van der Waals surface area (Å²) in [6.07, 6.45) is 0.411. The molecule has 28 heavy (non-hydrogen) atoms. The Morgan fingerprint density at radius 2 is 1.79 bits per heavy atom. The first-order valence-electron chi connectivity index (χ1n) is 9.21. The molecule has 1 heterocycles. The summed E-state index contributed by atoms with van der Waals surface area (Å²) in [6, 6.07) is 13.6.